The summed E-state index contributed by atoms with van der Waals surface area (Å²) >= 11 is 3.40. The van der Waals surface area contributed by atoms with Crippen LogP contribution in [0, 0.1) is 0 Å². The Morgan fingerprint density at radius 2 is 1.82 bits per heavy atom. The lowest BCUT2D eigenvalue weighted by molar-refractivity contribution is 0.0364. The zero-order chi connectivity index (χ0) is 15.9. The number of imidazole rings is 1. The molecule has 0 amide bonds. The van der Waals surface area contributed by atoms with E-state index in [-0.39, 0.29) is 11.2 Å². The highest BCUT2D eigenvalue weighted by atomic mass is 79.9. The molecule has 1 aliphatic rings. The summed E-state index contributed by atoms with van der Waals surface area (Å²) in [5, 5.41) is 0. The van der Waals surface area contributed by atoms with Crippen molar-refractivity contribution in [3.8, 4) is 0 Å². The van der Waals surface area contributed by atoms with Crippen molar-refractivity contribution in [3.63, 3.8) is 0 Å². The molecular formula is C13H18BrN5O3. The second kappa shape index (κ2) is 5.98. The number of fused-ring (bicyclic) bond motifs is 1. The molecule has 0 aromatic carbocycles. The largest absolute Gasteiger partial charge is 0.379 e. The summed E-state index contributed by atoms with van der Waals surface area (Å²) in [6.45, 7) is 4.69. The van der Waals surface area contributed by atoms with Gasteiger partial charge >= 0.3 is 5.69 Å². The zero-order valence-corrected chi connectivity index (χ0v) is 14.2. The standard InChI is InChI=1S/C13H18BrN5O3/c1-16-10-9(11(20)17(2)13(16)21)19(12(14)15-10)4-3-18-5-7-22-8-6-18/h3-8H2,1-2H3. The van der Waals surface area contributed by atoms with Gasteiger partial charge < -0.3 is 9.30 Å². The van der Waals surface area contributed by atoms with Crippen LogP contribution in [0.1, 0.15) is 0 Å². The number of ether oxygens (including phenoxy) is 1. The molecule has 0 unspecified atom stereocenters. The lowest BCUT2D eigenvalue weighted by atomic mass is 10.4. The normalized spacial score (nSPS) is 16.5. The average Bonchev–Trinajstić information content (AvgIpc) is 2.86. The van der Waals surface area contributed by atoms with E-state index in [4.69, 9.17) is 4.74 Å². The SMILES string of the molecule is Cn1c(=O)c2c(nc(Br)n2CCN2CCOCC2)n(C)c1=O. The minimum atomic E-state index is -0.372. The third-order valence-electron chi connectivity index (χ3n) is 4.04. The zero-order valence-electron chi connectivity index (χ0n) is 12.6. The predicted molar refractivity (Wildman–Crippen MR) is 85.2 cm³/mol. The third-order valence-corrected chi connectivity index (χ3v) is 4.65. The Morgan fingerprint density at radius 1 is 1.14 bits per heavy atom. The van der Waals surface area contributed by atoms with Gasteiger partial charge in [0.15, 0.2) is 15.9 Å². The quantitative estimate of drug-likeness (QED) is 0.681. The maximum atomic E-state index is 12.4. The van der Waals surface area contributed by atoms with E-state index in [2.05, 4.69) is 25.8 Å². The first kappa shape index (κ1) is 15.4. The summed E-state index contributed by atoms with van der Waals surface area (Å²) in [6, 6.07) is 0. The van der Waals surface area contributed by atoms with Crippen LogP contribution in [0.15, 0.2) is 14.3 Å². The second-order valence-electron chi connectivity index (χ2n) is 5.36. The molecule has 8 nitrogen and oxygen atoms in total. The van der Waals surface area contributed by atoms with Gasteiger partial charge in [-0.05, 0) is 15.9 Å². The van der Waals surface area contributed by atoms with Crippen molar-refractivity contribution < 1.29 is 4.74 Å². The van der Waals surface area contributed by atoms with Gasteiger partial charge in [-0.25, -0.2) is 9.78 Å². The van der Waals surface area contributed by atoms with Crippen LogP contribution >= 0.6 is 15.9 Å². The summed E-state index contributed by atoms with van der Waals surface area (Å²) in [6.07, 6.45) is 0. The van der Waals surface area contributed by atoms with E-state index in [1.54, 1.807) is 7.05 Å². The number of morpholine rings is 1. The topological polar surface area (TPSA) is 74.3 Å². The Bertz CT molecular complexity index is 816. The molecule has 3 rings (SSSR count). The van der Waals surface area contributed by atoms with Crippen LogP contribution in [0.4, 0.5) is 0 Å². The molecule has 3 heterocycles. The first-order valence-electron chi connectivity index (χ1n) is 7.12. The first-order valence-corrected chi connectivity index (χ1v) is 7.92. The summed E-state index contributed by atoms with van der Waals surface area (Å²) in [4.78, 5) is 31.0. The lowest BCUT2D eigenvalue weighted by Gasteiger charge is -2.26. The first-order chi connectivity index (χ1) is 10.5. The fraction of sp³-hybridized carbons (Fsp3) is 0.615. The van der Waals surface area contributed by atoms with Gasteiger partial charge in [0.1, 0.15) is 0 Å². The molecule has 1 saturated heterocycles. The van der Waals surface area contributed by atoms with Crippen molar-refractivity contribution >= 4 is 27.1 Å². The molecule has 1 fully saturated rings. The molecule has 2 aromatic heterocycles. The van der Waals surface area contributed by atoms with Crippen LogP contribution < -0.4 is 11.2 Å². The van der Waals surface area contributed by atoms with Crippen LogP contribution in [-0.4, -0.2) is 56.4 Å². The van der Waals surface area contributed by atoms with Crippen LogP contribution in [0.3, 0.4) is 0 Å². The van der Waals surface area contributed by atoms with Gasteiger partial charge in [-0.2, -0.15) is 0 Å². The highest BCUT2D eigenvalue weighted by Gasteiger charge is 2.18. The molecular weight excluding hydrogens is 354 g/mol. The smallest absolute Gasteiger partial charge is 0.332 e. The molecule has 0 aliphatic carbocycles. The van der Waals surface area contributed by atoms with E-state index in [1.807, 2.05) is 4.57 Å². The molecule has 22 heavy (non-hydrogen) atoms. The highest BCUT2D eigenvalue weighted by molar-refractivity contribution is 9.10. The Hall–Kier alpha value is -1.45. The van der Waals surface area contributed by atoms with Crippen molar-refractivity contribution in [2.75, 3.05) is 32.8 Å². The van der Waals surface area contributed by atoms with E-state index in [0.29, 0.717) is 22.4 Å². The Morgan fingerprint density at radius 3 is 2.50 bits per heavy atom. The fourth-order valence-electron chi connectivity index (χ4n) is 2.69. The van der Waals surface area contributed by atoms with Crippen molar-refractivity contribution in [1.29, 1.82) is 0 Å². The molecule has 9 heteroatoms. The molecule has 1 aliphatic heterocycles. The van der Waals surface area contributed by atoms with Crippen LogP contribution in [0.2, 0.25) is 0 Å². The number of aryl methyl sites for hydroxylation is 1. The van der Waals surface area contributed by atoms with Gasteiger partial charge in [0.25, 0.3) is 5.56 Å². The van der Waals surface area contributed by atoms with E-state index >= 15 is 0 Å². The monoisotopic (exact) mass is 371 g/mol. The molecule has 2 aromatic rings. The van der Waals surface area contributed by atoms with Crippen molar-refractivity contribution in [2.24, 2.45) is 14.1 Å². The van der Waals surface area contributed by atoms with Crippen molar-refractivity contribution in [1.82, 2.24) is 23.6 Å². The van der Waals surface area contributed by atoms with Gasteiger partial charge in [0.2, 0.25) is 0 Å². The van der Waals surface area contributed by atoms with Gasteiger partial charge in [0.05, 0.1) is 13.2 Å². The number of nitrogens with zero attached hydrogens (tertiary/aromatic N) is 5. The van der Waals surface area contributed by atoms with E-state index in [0.717, 1.165) is 37.4 Å². The van der Waals surface area contributed by atoms with E-state index in [9.17, 15) is 9.59 Å². The van der Waals surface area contributed by atoms with Crippen molar-refractivity contribution in [2.45, 2.75) is 6.54 Å². The summed E-state index contributed by atoms with van der Waals surface area (Å²) < 4.78 is 10.2. The molecule has 0 saturated carbocycles. The van der Waals surface area contributed by atoms with Gasteiger partial charge in [-0.1, -0.05) is 0 Å². The van der Waals surface area contributed by atoms with E-state index < -0.39 is 0 Å². The molecule has 120 valence electrons. The summed E-state index contributed by atoms with van der Waals surface area (Å²) in [5.41, 5.74) is 0.160. The summed E-state index contributed by atoms with van der Waals surface area (Å²) in [5.74, 6) is 0. The lowest BCUT2D eigenvalue weighted by Crippen LogP contribution is -2.39. The average molecular weight is 372 g/mol. The van der Waals surface area contributed by atoms with Gasteiger partial charge in [0, 0.05) is 40.3 Å². The second-order valence-corrected chi connectivity index (χ2v) is 6.07. The molecule has 0 atom stereocenters. The summed E-state index contributed by atoms with van der Waals surface area (Å²) in [7, 11) is 3.10. The molecule has 0 spiro atoms. The Balaban J connectivity index is 2.00. The number of hydrogen-bond donors (Lipinski definition) is 0. The van der Waals surface area contributed by atoms with Gasteiger partial charge in [-0.3, -0.25) is 18.8 Å². The Labute approximate surface area is 135 Å². The molecule has 0 N–H and O–H groups in total. The maximum absolute atomic E-state index is 12.4. The fourth-order valence-corrected chi connectivity index (χ4v) is 3.21. The van der Waals surface area contributed by atoms with E-state index in [1.165, 1.54) is 11.6 Å². The number of aromatic nitrogens is 4. The van der Waals surface area contributed by atoms with Crippen LogP contribution in [0.5, 0.6) is 0 Å². The Kier molecular flexibility index (Phi) is 4.20. The molecule has 0 radical (unpaired) electrons. The number of rotatable bonds is 3. The van der Waals surface area contributed by atoms with Crippen LogP contribution in [0.25, 0.3) is 11.2 Å². The van der Waals surface area contributed by atoms with Crippen molar-refractivity contribution in [3.05, 3.63) is 25.6 Å². The highest BCUT2D eigenvalue weighted by Crippen LogP contribution is 2.16. The number of hydrogen-bond acceptors (Lipinski definition) is 5. The minimum Gasteiger partial charge on any atom is -0.379 e. The minimum absolute atomic E-state index is 0.321. The third kappa shape index (κ3) is 2.53. The van der Waals surface area contributed by atoms with Crippen LogP contribution in [-0.2, 0) is 25.4 Å². The van der Waals surface area contributed by atoms with Gasteiger partial charge in [-0.15, -0.1) is 0 Å². The number of halogens is 1. The predicted octanol–water partition coefficient (Wildman–Crippen LogP) is -0.472. The molecule has 0 bridgehead atoms. The maximum Gasteiger partial charge on any atom is 0.332 e.